The largest absolute Gasteiger partial charge is 0.505 e. The first-order valence-electron chi connectivity index (χ1n) is 13.0. The maximum absolute atomic E-state index is 12.8. The lowest BCUT2D eigenvalue weighted by atomic mass is 9.88. The van der Waals surface area contributed by atoms with Gasteiger partial charge in [0.1, 0.15) is 4.90 Å². The van der Waals surface area contributed by atoms with Crippen molar-refractivity contribution in [2.75, 3.05) is 7.11 Å². The Labute approximate surface area is 263 Å². The first-order chi connectivity index (χ1) is 21.3. The third-order valence-corrected chi connectivity index (χ3v) is 10.4. The molecule has 0 spiro atoms. The van der Waals surface area contributed by atoms with Gasteiger partial charge in [-0.2, -0.15) is 8.42 Å². The lowest BCUT2D eigenvalue weighted by Gasteiger charge is -2.35. The van der Waals surface area contributed by atoms with Crippen LogP contribution in [-0.2, 0) is 29.5 Å². The molecule has 0 radical (unpaired) electrons. The summed E-state index contributed by atoms with van der Waals surface area (Å²) in [5.41, 5.74) is 0.939. The van der Waals surface area contributed by atoms with Crippen LogP contribution in [0.25, 0.3) is 0 Å². The van der Waals surface area contributed by atoms with E-state index in [4.69, 9.17) is 9.29 Å². The number of aliphatic hydroxyl groups is 3. The van der Waals surface area contributed by atoms with Crippen molar-refractivity contribution in [2.45, 2.75) is 35.5 Å². The number of hydrogen-bond donors (Lipinski definition) is 6. The number of carboxylic acids is 1. The molecule has 0 aliphatic heterocycles. The number of aromatic hydroxyl groups is 2. The molecule has 0 bridgehead atoms. The van der Waals surface area contributed by atoms with Crippen LogP contribution in [0.1, 0.15) is 28.4 Å². The predicted molar refractivity (Wildman–Crippen MR) is 161 cm³/mol. The summed E-state index contributed by atoms with van der Waals surface area (Å²) < 4.78 is 59.3. The van der Waals surface area contributed by atoms with Crippen LogP contribution < -0.4 is 4.18 Å². The first kappa shape index (κ1) is 35.4. The standard InChI is InChI=1S/C15H14O7S.C15H16O7S/c1-9-3-5-11(6-4-9)23(19,20)22-13-8-10(15(18)21-2)7-12(16)14(13)17;1-8-3-5-10(6-4-8)23(21,22)15(20)9(2)11(14(18)19)7-12(16)13(15)17/h3-8,16-17H,1-2H3;3-7,9,16-17,20H,1-2H3,(H,18,19). The van der Waals surface area contributed by atoms with Crippen molar-refractivity contribution in [3.8, 4) is 17.2 Å². The second-order valence-corrected chi connectivity index (χ2v) is 13.7. The molecule has 0 saturated carbocycles. The number of phenolic OH excluding ortho intramolecular Hbond substituents is 2. The SMILES string of the molecule is COC(=O)c1cc(O)c(O)c(OS(=O)(=O)c2ccc(C)cc2)c1.Cc1ccc(S(=O)(=O)C2(O)C(O)=C(O)C=C(C(=O)O)C2C)cc1. The number of carbonyl (C=O) groups is 2. The zero-order valence-corrected chi connectivity index (χ0v) is 26.3. The Balaban J connectivity index is 0.000000250. The number of aliphatic carboxylic acids is 1. The van der Waals surface area contributed by atoms with Gasteiger partial charge in [0.25, 0.3) is 0 Å². The van der Waals surface area contributed by atoms with Crippen LogP contribution in [0, 0.1) is 19.8 Å². The number of methoxy groups -OCH3 is 1. The van der Waals surface area contributed by atoms with E-state index < -0.39 is 77.1 Å². The summed E-state index contributed by atoms with van der Waals surface area (Å²) in [5, 5.41) is 58.8. The van der Waals surface area contributed by atoms with Crippen LogP contribution in [-0.4, -0.2) is 71.5 Å². The minimum atomic E-state index is -4.59. The smallest absolute Gasteiger partial charge is 0.339 e. The van der Waals surface area contributed by atoms with Crippen LogP contribution in [0.4, 0.5) is 0 Å². The van der Waals surface area contributed by atoms with Gasteiger partial charge in [0.15, 0.2) is 23.0 Å². The van der Waals surface area contributed by atoms with Gasteiger partial charge in [0.05, 0.1) is 17.6 Å². The van der Waals surface area contributed by atoms with Gasteiger partial charge in [-0.25, -0.2) is 18.0 Å². The molecule has 1 aliphatic rings. The third kappa shape index (κ3) is 6.78. The molecule has 0 saturated heterocycles. The van der Waals surface area contributed by atoms with Gasteiger partial charge in [-0.3, -0.25) is 0 Å². The average Bonchev–Trinajstić information content (AvgIpc) is 3.00. The van der Waals surface area contributed by atoms with E-state index in [9.17, 15) is 52.0 Å². The zero-order chi connectivity index (χ0) is 34.8. The molecule has 46 heavy (non-hydrogen) atoms. The zero-order valence-electron chi connectivity index (χ0n) is 24.7. The Morgan fingerprint density at radius 3 is 1.80 bits per heavy atom. The molecule has 14 nitrogen and oxygen atoms in total. The highest BCUT2D eigenvalue weighted by Gasteiger charge is 2.56. The highest BCUT2D eigenvalue weighted by Crippen LogP contribution is 2.43. The number of hydrogen-bond acceptors (Lipinski definition) is 13. The number of esters is 1. The second-order valence-electron chi connectivity index (χ2n) is 10.1. The van der Waals surface area contributed by atoms with Crippen LogP contribution >= 0.6 is 0 Å². The minimum Gasteiger partial charge on any atom is -0.505 e. The van der Waals surface area contributed by atoms with Gasteiger partial charge in [0.2, 0.25) is 20.5 Å². The van der Waals surface area contributed by atoms with E-state index >= 15 is 0 Å². The Bertz CT molecular complexity index is 1940. The fourth-order valence-electron chi connectivity index (χ4n) is 4.21. The van der Waals surface area contributed by atoms with Gasteiger partial charge >= 0.3 is 22.1 Å². The number of rotatable bonds is 7. The van der Waals surface area contributed by atoms with E-state index in [2.05, 4.69) is 4.74 Å². The summed E-state index contributed by atoms with van der Waals surface area (Å²) in [7, 11) is -7.71. The van der Waals surface area contributed by atoms with E-state index in [1.165, 1.54) is 36.4 Å². The highest BCUT2D eigenvalue weighted by atomic mass is 32.2. The van der Waals surface area contributed by atoms with E-state index in [0.29, 0.717) is 0 Å². The number of benzene rings is 3. The molecule has 16 heteroatoms. The van der Waals surface area contributed by atoms with Gasteiger partial charge in [-0.05, 0) is 50.3 Å². The molecule has 246 valence electrons. The molecule has 0 fully saturated rings. The Kier molecular flexibility index (Phi) is 10.1. The minimum absolute atomic E-state index is 0.134. The van der Waals surface area contributed by atoms with Crippen molar-refractivity contribution in [1.29, 1.82) is 0 Å². The molecule has 0 aromatic heterocycles. The summed E-state index contributed by atoms with van der Waals surface area (Å²) in [6, 6.07) is 13.2. The monoisotopic (exact) mass is 678 g/mol. The molecule has 4 rings (SSSR count). The van der Waals surface area contributed by atoms with Crippen molar-refractivity contribution < 1.29 is 66.0 Å². The Morgan fingerprint density at radius 2 is 1.33 bits per heavy atom. The molecule has 0 heterocycles. The maximum atomic E-state index is 12.8. The number of allylic oxidation sites excluding steroid dienone is 1. The van der Waals surface area contributed by atoms with Crippen molar-refractivity contribution in [3.05, 3.63) is 101 Å². The molecule has 1 aliphatic carbocycles. The Hall–Kier alpha value is -5.06. The molecule has 3 aromatic carbocycles. The molecule has 0 amide bonds. The van der Waals surface area contributed by atoms with E-state index in [1.54, 1.807) is 26.0 Å². The lowest BCUT2D eigenvalue weighted by molar-refractivity contribution is -0.134. The van der Waals surface area contributed by atoms with Crippen LogP contribution in [0.3, 0.4) is 0 Å². The summed E-state index contributed by atoms with van der Waals surface area (Å²) in [6.45, 7) is 4.68. The van der Waals surface area contributed by atoms with Crippen molar-refractivity contribution in [1.82, 2.24) is 0 Å². The first-order valence-corrected chi connectivity index (χ1v) is 15.9. The summed E-state index contributed by atoms with van der Waals surface area (Å²) >= 11 is 0. The van der Waals surface area contributed by atoms with E-state index in [1.807, 2.05) is 0 Å². The molecule has 6 N–H and O–H groups in total. The average molecular weight is 679 g/mol. The fourth-order valence-corrected chi connectivity index (χ4v) is 6.94. The van der Waals surface area contributed by atoms with Crippen LogP contribution in [0.2, 0.25) is 0 Å². The van der Waals surface area contributed by atoms with Crippen molar-refractivity contribution in [2.24, 2.45) is 5.92 Å². The maximum Gasteiger partial charge on any atom is 0.339 e. The number of aliphatic hydroxyl groups excluding tert-OH is 2. The molecule has 2 atom stereocenters. The fraction of sp³-hybridized carbons (Fsp3) is 0.200. The van der Waals surface area contributed by atoms with Crippen molar-refractivity contribution >= 4 is 31.9 Å². The number of carboxylic acid groups (broad SMARTS) is 1. The topological polar surface area (TPSA) is 242 Å². The molecule has 3 aromatic rings. The Morgan fingerprint density at radius 1 is 0.826 bits per heavy atom. The van der Waals surface area contributed by atoms with Gasteiger partial charge in [0, 0.05) is 17.6 Å². The number of phenols is 2. The number of sulfone groups is 1. The number of carbonyl (C=O) groups excluding carboxylic acids is 1. The van der Waals surface area contributed by atoms with Gasteiger partial charge in [-0.1, -0.05) is 42.3 Å². The normalized spacial score (nSPS) is 18.1. The van der Waals surface area contributed by atoms with Crippen LogP contribution in [0.15, 0.2) is 93.6 Å². The van der Waals surface area contributed by atoms with Crippen molar-refractivity contribution in [3.63, 3.8) is 0 Å². The lowest BCUT2D eigenvalue weighted by Crippen LogP contribution is -2.50. The van der Waals surface area contributed by atoms with E-state index in [0.717, 1.165) is 43.4 Å². The highest BCUT2D eigenvalue weighted by molar-refractivity contribution is 7.92. The number of aryl methyl sites for hydroxylation is 2. The molecular weight excluding hydrogens is 648 g/mol. The second kappa shape index (κ2) is 13.1. The number of ether oxygens (including phenoxy) is 1. The predicted octanol–water partition coefficient (Wildman–Crippen LogP) is 3.41. The quantitative estimate of drug-likeness (QED) is 0.119. The molecular formula is C30H30O14S2. The summed E-state index contributed by atoms with van der Waals surface area (Å²) in [4.78, 5) is 19.3. The summed E-state index contributed by atoms with van der Waals surface area (Å²) in [5.74, 6) is -8.11. The van der Waals surface area contributed by atoms with Crippen LogP contribution in [0.5, 0.6) is 17.2 Å². The van der Waals surface area contributed by atoms with E-state index in [-0.39, 0.29) is 15.4 Å². The van der Waals surface area contributed by atoms with Gasteiger partial charge < -0.3 is 39.6 Å². The third-order valence-electron chi connectivity index (χ3n) is 6.90. The summed E-state index contributed by atoms with van der Waals surface area (Å²) in [6.07, 6.45) is 0.724. The molecule has 2 unspecified atom stereocenters. The van der Waals surface area contributed by atoms with Gasteiger partial charge in [-0.15, -0.1) is 0 Å².